The molecule has 4 nitrogen and oxygen atoms in total. The predicted octanol–water partition coefficient (Wildman–Crippen LogP) is 10.9. The summed E-state index contributed by atoms with van der Waals surface area (Å²) in [6, 6.07) is 23.8. The van der Waals surface area contributed by atoms with Gasteiger partial charge in [-0.25, -0.2) is 0 Å². The van der Waals surface area contributed by atoms with Crippen molar-refractivity contribution in [3.8, 4) is 34.3 Å². The first-order valence-corrected chi connectivity index (χ1v) is 17.6. The Bertz CT molecular complexity index is 1450. The maximum absolute atomic E-state index is 4.99. The van der Waals surface area contributed by atoms with E-state index in [0.29, 0.717) is 0 Å². The van der Waals surface area contributed by atoms with Crippen LogP contribution in [-0.2, 0) is 13.0 Å². The molecule has 2 heterocycles. The zero-order chi connectivity index (χ0) is 35.0. The van der Waals surface area contributed by atoms with Crippen LogP contribution in [0.15, 0.2) is 73.1 Å². The van der Waals surface area contributed by atoms with Gasteiger partial charge in [0.1, 0.15) is 0 Å². The first-order valence-electron chi connectivity index (χ1n) is 17.6. The van der Waals surface area contributed by atoms with Crippen LogP contribution in [0.1, 0.15) is 107 Å². The zero-order valence-electron chi connectivity index (χ0n) is 31.1. The second kappa shape index (κ2) is 24.3. The number of aryl methyl sites for hydroxylation is 3. The molecule has 4 aromatic rings. The Kier molecular flexibility index (Phi) is 21.2. The Hall–Kier alpha value is -3.94. The van der Waals surface area contributed by atoms with Crippen molar-refractivity contribution < 1.29 is 0 Å². The number of nitrogens with two attached hydrogens (primary N) is 1. The Morgan fingerprint density at radius 2 is 1.53 bits per heavy atom. The topological polar surface area (TPSA) is 63.8 Å². The summed E-state index contributed by atoms with van der Waals surface area (Å²) in [6.07, 6.45) is 11.8. The van der Waals surface area contributed by atoms with E-state index in [9.17, 15) is 0 Å². The molecular weight excluding hydrogens is 573 g/mol. The molecule has 5 rings (SSSR count). The highest BCUT2D eigenvalue weighted by molar-refractivity contribution is 5.67. The van der Waals surface area contributed by atoms with Crippen molar-refractivity contribution in [2.75, 3.05) is 6.54 Å². The lowest BCUT2D eigenvalue weighted by Crippen LogP contribution is -2.17. The molecule has 1 aliphatic rings. The van der Waals surface area contributed by atoms with Gasteiger partial charge in [0.15, 0.2) is 0 Å². The third-order valence-corrected chi connectivity index (χ3v) is 7.60. The van der Waals surface area contributed by atoms with Crippen molar-refractivity contribution in [2.45, 2.75) is 114 Å². The molecule has 47 heavy (non-hydrogen) atoms. The molecule has 0 aliphatic heterocycles. The molecule has 1 fully saturated rings. The monoisotopic (exact) mass is 634 g/mol. The van der Waals surface area contributed by atoms with Crippen LogP contribution in [0.25, 0.3) is 22.4 Å². The summed E-state index contributed by atoms with van der Waals surface area (Å²) >= 11 is 0. The third-order valence-electron chi connectivity index (χ3n) is 7.60. The summed E-state index contributed by atoms with van der Waals surface area (Å²) in [5.41, 5.74) is 16.9. The van der Waals surface area contributed by atoms with Gasteiger partial charge in [0.2, 0.25) is 0 Å². The molecule has 2 aromatic carbocycles. The molecule has 0 unspecified atom stereocenters. The Morgan fingerprint density at radius 3 is 2.04 bits per heavy atom. The van der Waals surface area contributed by atoms with Gasteiger partial charge < -0.3 is 11.1 Å². The second-order valence-corrected chi connectivity index (χ2v) is 11.9. The number of aromatic nitrogens is 2. The lowest BCUT2D eigenvalue weighted by molar-refractivity contribution is 0.679. The molecule has 4 heteroatoms. The molecule has 0 bridgehead atoms. The fourth-order valence-electron chi connectivity index (χ4n) is 4.87. The summed E-state index contributed by atoms with van der Waals surface area (Å²) in [5.74, 6) is 3.61. The minimum Gasteiger partial charge on any atom is -0.359 e. The largest absolute Gasteiger partial charge is 0.359 e. The van der Waals surface area contributed by atoms with E-state index in [1.807, 2.05) is 32.3 Å². The molecule has 1 aliphatic carbocycles. The maximum atomic E-state index is 4.99. The number of nitrogens with one attached hydrogen (secondary N) is 1. The van der Waals surface area contributed by atoms with E-state index in [2.05, 4.69) is 131 Å². The molecule has 0 amide bonds. The van der Waals surface area contributed by atoms with Gasteiger partial charge in [0.25, 0.3) is 0 Å². The van der Waals surface area contributed by atoms with E-state index in [4.69, 9.17) is 4.98 Å². The quantitative estimate of drug-likeness (QED) is 0.109. The summed E-state index contributed by atoms with van der Waals surface area (Å²) < 4.78 is 0. The molecule has 0 atom stereocenters. The molecule has 0 saturated heterocycles. The van der Waals surface area contributed by atoms with Gasteiger partial charge in [-0.15, -0.1) is 0 Å². The van der Waals surface area contributed by atoms with Crippen molar-refractivity contribution >= 4 is 0 Å². The highest BCUT2D eigenvalue weighted by Gasteiger charge is 2.18. The van der Waals surface area contributed by atoms with Crippen molar-refractivity contribution in [1.82, 2.24) is 15.3 Å². The molecule has 1 saturated carbocycles. The minimum atomic E-state index is 0.851. The van der Waals surface area contributed by atoms with Gasteiger partial charge in [-0.2, -0.15) is 0 Å². The lowest BCUT2D eigenvalue weighted by atomic mass is 9.99. The average molecular weight is 635 g/mol. The number of pyridine rings is 2. The first kappa shape index (κ1) is 41.1. The van der Waals surface area contributed by atoms with Gasteiger partial charge in [-0.3, -0.25) is 9.97 Å². The van der Waals surface area contributed by atoms with Gasteiger partial charge in [0.05, 0.1) is 5.69 Å². The highest BCUT2D eigenvalue weighted by atomic mass is 14.9. The predicted molar refractivity (Wildman–Crippen MR) is 206 cm³/mol. The van der Waals surface area contributed by atoms with Crippen LogP contribution in [-0.4, -0.2) is 16.5 Å². The number of hydrogen-bond donors (Lipinski definition) is 2. The van der Waals surface area contributed by atoms with E-state index in [1.54, 1.807) is 6.92 Å². The Morgan fingerprint density at radius 1 is 0.872 bits per heavy atom. The van der Waals surface area contributed by atoms with E-state index >= 15 is 0 Å². The molecule has 3 N–H and O–H groups in total. The maximum Gasteiger partial charge on any atom is 0.0737 e. The number of rotatable bonds is 9. The van der Waals surface area contributed by atoms with Gasteiger partial charge in [0, 0.05) is 54.8 Å². The molecule has 0 spiro atoms. The van der Waals surface area contributed by atoms with Crippen LogP contribution in [0.2, 0.25) is 0 Å². The summed E-state index contributed by atoms with van der Waals surface area (Å²) in [6.45, 7) is 22.6. The van der Waals surface area contributed by atoms with E-state index in [0.717, 1.165) is 42.4 Å². The van der Waals surface area contributed by atoms with Crippen LogP contribution < -0.4 is 11.1 Å². The number of hydrogen-bond acceptors (Lipinski definition) is 4. The molecule has 2 aromatic heterocycles. The van der Waals surface area contributed by atoms with Crippen LogP contribution in [0.5, 0.6) is 0 Å². The van der Waals surface area contributed by atoms with Crippen molar-refractivity contribution in [3.63, 3.8) is 0 Å². The standard InChI is InChI=1S/C29H31N3.C6H12.C3H5N.C3H8.C2H6/c1-20-7-10-25(11-8-20)29-23(4)21(2)17-27(32-29)13-15-31-18-24-9-12-28(22(3)16-24)26-6-5-14-30-19-26;1-2-3-6-4-5-6;1-2-3-4;1-3-2;1-2/h5-12,14,16-17,19,31H,13,15,18H2,1-4H3;6H,2-5H2,1H3;4H2,1H3;3H2,1-2H3;1-2H3. The SMILES string of the molecule is CC.CC#CN.CCC.CCCC1CC1.Cc1ccc(-c2nc(CCNCc3ccc(-c4cccnc4)c(C)c3)cc(C)c2C)cc1. The van der Waals surface area contributed by atoms with Crippen molar-refractivity contribution in [3.05, 3.63) is 107 Å². The van der Waals surface area contributed by atoms with E-state index in [1.165, 1.54) is 71.0 Å². The summed E-state index contributed by atoms with van der Waals surface area (Å²) in [4.78, 5) is 9.23. The smallest absolute Gasteiger partial charge is 0.0737 e. The summed E-state index contributed by atoms with van der Waals surface area (Å²) in [7, 11) is 0. The summed E-state index contributed by atoms with van der Waals surface area (Å²) in [5, 5.41) is 3.59. The Labute approximate surface area is 288 Å². The zero-order valence-corrected chi connectivity index (χ0v) is 31.1. The van der Waals surface area contributed by atoms with E-state index in [-0.39, 0.29) is 0 Å². The van der Waals surface area contributed by atoms with E-state index < -0.39 is 0 Å². The molecule has 254 valence electrons. The third kappa shape index (κ3) is 15.9. The minimum absolute atomic E-state index is 0.851. The fourth-order valence-corrected chi connectivity index (χ4v) is 4.87. The molecule has 0 radical (unpaired) electrons. The number of benzene rings is 2. The first-order chi connectivity index (χ1) is 22.8. The highest BCUT2D eigenvalue weighted by Crippen LogP contribution is 2.33. The second-order valence-electron chi connectivity index (χ2n) is 11.9. The van der Waals surface area contributed by atoms with Crippen molar-refractivity contribution in [1.29, 1.82) is 0 Å². The van der Waals surface area contributed by atoms with Crippen LogP contribution >= 0.6 is 0 Å². The van der Waals surface area contributed by atoms with Crippen molar-refractivity contribution in [2.24, 2.45) is 11.7 Å². The average Bonchev–Trinajstić information content (AvgIpc) is 3.92. The Balaban J connectivity index is 0.000000615. The number of nitrogens with zero attached hydrogens (tertiary/aromatic N) is 2. The van der Waals surface area contributed by atoms with Gasteiger partial charge in [-0.05, 0) is 80.5 Å². The fraction of sp³-hybridized carbons (Fsp3) is 0.442. The van der Waals surface area contributed by atoms with Gasteiger partial charge >= 0.3 is 0 Å². The lowest BCUT2D eigenvalue weighted by Gasteiger charge is -2.13. The van der Waals surface area contributed by atoms with Crippen LogP contribution in [0.3, 0.4) is 0 Å². The van der Waals surface area contributed by atoms with Gasteiger partial charge in [-0.1, -0.05) is 127 Å². The van der Waals surface area contributed by atoms with Crippen LogP contribution in [0, 0.1) is 45.6 Å². The normalized spacial score (nSPS) is 11.0. The molecular formula is C43H62N4. The van der Waals surface area contributed by atoms with Crippen LogP contribution in [0.4, 0.5) is 0 Å².